The Balaban J connectivity index is 1.03. The van der Waals surface area contributed by atoms with Gasteiger partial charge in [-0.3, -0.25) is 0 Å². The Morgan fingerprint density at radius 2 is 0.875 bits per heavy atom. The quantitative estimate of drug-likeness (QED) is 0.160. The molecule has 0 amide bonds. The molecule has 0 saturated carbocycles. The highest BCUT2D eigenvalue weighted by Crippen LogP contribution is 2.52. The van der Waals surface area contributed by atoms with Crippen LogP contribution in [-0.4, -0.2) is 9.97 Å². The highest BCUT2D eigenvalue weighted by Gasteiger charge is 2.36. The molecule has 11 aromatic rings. The van der Waals surface area contributed by atoms with Crippen LogP contribution in [0.4, 0.5) is 0 Å². The van der Waals surface area contributed by atoms with Crippen LogP contribution in [-0.2, 0) is 5.41 Å². The van der Waals surface area contributed by atoms with Gasteiger partial charge in [-0.25, -0.2) is 9.97 Å². The maximum absolute atomic E-state index is 5.36. The first-order valence-corrected chi connectivity index (χ1v) is 22.8. The monoisotopic (exact) mass is 834 g/mol. The zero-order valence-electron chi connectivity index (χ0n) is 35.6. The average molecular weight is 835 g/mol. The number of fused-ring (bicyclic) bond motifs is 6. The fourth-order valence-corrected chi connectivity index (χ4v) is 11.1. The van der Waals surface area contributed by atoms with Crippen molar-refractivity contribution >= 4 is 31.5 Å². The first kappa shape index (κ1) is 38.0. The number of aromatic nitrogens is 2. The van der Waals surface area contributed by atoms with Gasteiger partial charge in [0, 0.05) is 42.3 Å². The summed E-state index contributed by atoms with van der Waals surface area (Å²) >= 11 is 1.86. The Labute approximate surface area is 377 Å². The molecular formula is C61H42N2S. The average Bonchev–Trinajstić information content (AvgIpc) is 3.86. The van der Waals surface area contributed by atoms with Crippen molar-refractivity contribution in [1.29, 1.82) is 0 Å². The second-order valence-electron chi connectivity index (χ2n) is 17.3. The summed E-state index contributed by atoms with van der Waals surface area (Å²) in [5, 5.41) is 2.57. The van der Waals surface area contributed by atoms with Gasteiger partial charge in [-0.05, 0) is 103 Å². The van der Waals surface area contributed by atoms with Crippen molar-refractivity contribution in [3.8, 4) is 89.5 Å². The standard InChI is InChI=1S/C61H42N2S/c1-61(2)53-27-11-9-23-52(53)58-48(24-15-28-54(58)61)40-30-32-41(33-31-40)55-38-56(63-60(62-55)42-18-7-4-8-19-42)47-36-45(44-21-13-20-43(34-44)39-16-5-3-6-17-39)35-46(37-47)49-25-14-26-51-50-22-10-12-29-57(50)64-59(49)51/h3-38H,1-2H3. The largest absolute Gasteiger partial charge is 0.228 e. The van der Waals surface area contributed by atoms with Crippen LogP contribution in [0, 0.1) is 0 Å². The van der Waals surface area contributed by atoms with E-state index in [0.717, 1.165) is 44.8 Å². The molecule has 2 nitrogen and oxygen atoms in total. The fourth-order valence-electron chi connectivity index (χ4n) is 9.86. The van der Waals surface area contributed by atoms with Crippen molar-refractivity contribution < 1.29 is 0 Å². The Morgan fingerprint density at radius 3 is 1.69 bits per heavy atom. The zero-order valence-corrected chi connectivity index (χ0v) is 36.4. The van der Waals surface area contributed by atoms with E-state index in [0.29, 0.717) is 5.82 Å². The summed E-state index contributed by atoms with van der Waals surface area (Å²) in [5.74, 6) is 0.696. The number of hydrogen-bond donors (Lipinski definition) is 0. The van der Waals surface area contributed by atoms with Gasteiger partial charge in [-0.2, -0.15) is 0 Å². The number of nitrogens with zero attached hydrogens (tertiary/aromatic N) is 2. The second kappa shape index (κ2) is 15.3. The summed E-state index contributed by atoms with van der Waals surface area (Å²) in [6.07, 6.45) is 0. The van der Waals surface area contributed by atoms with Crippen molar-refractivity contribution in [3.63, 3.8) is 0 Å². The molecule has 0 unspecified atom stereocenters. The first-order chi connectivity index (χ1) is 31.5. The molecule has 2 heterocycles. The van der Waals surface area contributed by atoms with Gasteiger partial charge in [-0.1, -0.05) is 196 Å². The normalized spacial score (nSPS) is 12.7. The summed E-state index contributed by atoms with van der Waals surface area (Å²) in [5.41, 5.74) is 19.7. The van der Waals surface area contributed by atoms with Crippen LogP contribution >= 0.6 is 11.3 Å². The third-order valence-electron chi connectivity index (χ3n) is 13.1. The van der Waals surface area contributed by atoms with E-state index in [2.05, 4.69) is 226 Å². The number of hydrogen-bond acceptors (Lipinski definition) is 3. The SMILES string of the molecule is CC1(C)c2ccccc2-c2c(-c3ccc(-c4cc(-c5cc(-c6cccc(-c7ccccc7)c6)cc(-c6cccc7c6sc6ccccc67)c5)nc(-c5ccccc5)n4)cc3)cccc21. The molecule has 2 aromatic heterocycles. The third-order valence-corrected chi connectivity index (χ3v) is 14.3. The van der Waals surface area contributed by atoms with E-state index >= 15 is 0 Å². The number of benzene rings is 9. The molecule has 1 aliphatic carbocycles. The summed E-state index contributed by atoms with van der Waals surface area (Å²) in [6.45, 7) is 4.68. The molecule has 0 fully saturated rings. The van der Waals surface area contributed by atoms with Crippen LogP contribution in [0.25, 0.3) is 110 Å². The minimum Gasteiger partial charge on any atom is -0.228 e. The Bertz CT molecular complexity index is 3560. The molecule has 0 radical (unpaired) electrons. The van der Waals surface area contributed by atoms with Crippen LogP contribution in [0.15, 0.2) is 218 Å². The van der Waals surface area contributed by atoms with Gasteiger partial charge in [0.25, 0.3) is 0 Å². The lowest BCUT2D eigenvalue weighted by atomic mass is 9.82. The van der Waals surface area contributed by atoms with E-state index in [1.807, 2.05) is 17.4 Å². The van der Waals surface area contributed by atoms with Gasteiger partial charge in [0.2, 0.25) is 0 Å². The van der Waals surface area contributed by atoms with Crippen LogP contribution in [0.1, 0.15) is 25.0 Å². The molecule has 0 atom stereocenters. The third kappa shape index (κ3) is 6.47. The molecule has 0 N–H and O–H groups in total. The smallest absolute Gasteiger partial charge is 0.160 e. The minimum absolute atomic E-state index is 0.0562. The molecule has 12 rings (SSSR count). The maximum Gasteiger partial charge on any atom is 0.160 e. The van der Waals surface area contributed by atoms with Crippen molar-refractivity contribution in [1.82, 2.24) is 9.97 Å². The molecule has 0 aliphatic heterocycles. The second-order valence-corrected chi connectivity index (χ2v) is 18.4. The predicted octanol–water partition coefficient (Wildman–Crippen LogP) is 16.8. The molecule has 0 saturated heterocycles. The van der Waals surface area contributed by atoms with Gasteiger partial charge in [0.1, 0.15) is 0 Å². The Morgan fingerprint density at radius 1 is 0.344 bits per heavy atom. The summed E-state index contributed by atoms with van der Waals surface area (Å²) < 4.78 is 2.58. The van der Waals surface area contributed by atoms with E-state index in [9.17, 15) is 0 Å². The minimum atomic E-state index is -0.0562. The van der Waals surface area contributed by atoms with E-state index < -0.39 is 0 Å². The van der Waals surface area contributed by atoms with E-state index in [1.54, 1.807) is 0 Å². The van der Waals surface area contributed by atoms with Gasteiger partial charge in [-0.15, -0.1) is 11.3 Å². The predicted molar refractivity (Wildman–Crippen MR) is 271 cm³/mol. The lowest BCUT2D eigenvalue weighted by Crippen LogP contribution is -2.14. The lowest BCUT2D eigenvalue weighted by Gasteiger charge is -2.21. The topological polar surface area (TPSA) is 25.8 Å². The summed E-state index contributed by atoms with van der Waals surface area (Å²) in [7, 11) is 0. The first-order valence-electron chi connectivity index (χ1n) is 22.0. The van der Waals surface area contributed by atoms with E-state index in [-0.39, 0.29) is 5.41 Å². The highest BCUT2D eigenvalue weighted by molar-refractivity contribution is 7.26. The summed E-state index contributed by atoms with van der Waals surface area (Å²) in [6, 6.07) is 79.1. The van der Waals surface area contributed by atoms with Crippen LogP contribution in [0.2, 0.25) is 0 Å². The molecule has 1 aliphatic rings. The maximum atomic E-state index is 5.36. The van der Waals surface area contributed by atoms with Crippen LogP contribution in [0.3, 0.4) is 0 Å². The van der Waals surface area contributed by atoms with Gasteiger partial charge in [0.05, 0.1) is 11.4 Å². The van der Waals surface area contributed by atoms with Crippen molar-refractivity contribution in [2.45, 2.75) is 19.3 Å². The Kier molecular flexibility index (Phi) is 9.06. The fraction of sp³-hybridized carbons (Fsp3) is 0.0492. The number of thiophene rings is 1. The highest BCUT2D eigenvalue weighted by atomic mass is 32.1. The van der Waals surface area contributed by atoms with Crippen LogP contribution < -0.4 is 0 Å². The molecule has 0 bridgehead atoms. The van der Waals surface area contributed by atoms with E-state index in [4.69, 9.17) is 9.97 Å². The van der Waals surface area contributed by atoms with Crippen molar-refractivity contribution in [2.75, 3.05) is 0 Å². The molecule has 9 aromatic carbocycles. The molecule has 3 heteroatoms. The van der Waals surface area contributed by atoms with E-state index in [1.165, 1.54) is 70.2 Å². The van der Waals surface area contributed by atoms with Crippen molar-refractivity contribution in [3.05, 3.63) is 230 Å². The van der Waals surface area contributed by atoms with Gasteiger partial charge >= 0.3 is 0 Å². The molecule has 302 valence electrons. The molecular weight excluding hydrogens is 793 g/mol. The lowest BCUT2D eigenvalue weighted by molar-refractivity contribution is 0.660. The Hall–Kier alpha value is -7.72. The van der Waals surface area contributed by atoms with Crippen LogP contribution in [0.5, 0.6) is 0 Å². The number of rotatable bonds is 7. The molecule has 0 spiro atoms. The zero-order chi connectivity index (χ0) is 42.8. The van der Waals surface area contributed by atoms with Crippen molar-refractivity contribution in [2.24, 2.45) is 0 Å². The molecule has 64 heavy (non-hydrogen) atoms. The summed E-state index contributed by atoms with van der Waals surface area (Å²) in [4.78, 5) is 10.6. The van der Waals surface area contributed by atoms with Gasteiger partial charge in [0.15, 0.2) is 5.82 Å². The van der Waals surface area contributed by atoms with Gasteiger partial charge < -0.3 is 0 Å².